The Morgan fingerprint density at radius 3 is 2.62 bits per heavy atom. The van der Waals surface area contributed by atoms with Crippen LogP contribution >= 0.6 is 0 Å². The number of nitrogens with zero attached hydrogens (tertiary/aromatic N) is 1. The first kappa shape index (κ1) is 8.73. The maximum Gasteiger partial charge on any atom is 0.144 e. The number of Topliss-reactive ketones (excluding diaryl/α,β-unsaturated/α-hetero) is 1. The predicted octanol–water partition coefficient (Wildman–Crippen LogP) is 2.13. The molecule has 72 valence electrons. The van der Waals surface area contributed by atoms with E-state index in [-0.39, 0.29) is 5.41 Å². The molecule has 0 aromatic carbocycles. The summed E-state index contributed by atoms with van der Waals surface area (Å²) >= 11 is 0. The lowest BCUT2D eigenvalue weighted by Gasteiger charge is -2.31. The monoisotopic (exact) mass is 181 g/mol. The molecule has 2 aliphatic rings. The van der Waals surface area contributed by atoms with E-state index >= 15 is 0 Å². The molecule has 2 aliphatic carbocycles. The molecular weight excluding hydrogens is 166 g/mol. The molecule has 0 radical (unpaired) electrons. The molecule has 0 heterocycles. The van der Waals surface area contributed by atoms with Gasteiger partial charge >= 0.3 is 0 Å². The number of carbonyl (C=O) groups excluding carboxylic acids is 1. The zero-order chi connectivity index (χ0) is 9.31. The molecule has 0 aliphatic heterocycles. The van der Waals surface area contributed by atoms with Gasteiger partial charge < -0.3 is 5.21 Å². The molecule has 3 heteroatoms. The Kier molecular flexibility index (Phi) is 2.10. The maximum absolute atomic E-state index is 11.8. The van der Waals surface area contributed by atoms with Crippen LogP contribution in [0.4, 0.5) is 0 Å². The van der Waals surface area contributed by atoms with Crippen LogP contribution in [-0.2, 0) is 4.79 Å². The number of hydrogen-bond donors (Lipinski definition) is 1. The second kappa shape index (κ2) is 3.13. The standard InChI is InChI=1S/C10H15NO2/c12-9-5-1-2-6-10(9)7-3-4-8(10)11-13/h13H,1-7H2/b11-8-. The number of carbonyl (C=O) groups is 1. The van der Waals surface area contributed by atoms with Gasteiger partial charge in [0, 0.05) is 6.42 Å². The van der Waals surface area contributed by atoms with Gasteiger partial charge in [0.05, 0.1) is 11.1 Å². The molecule has 0 saturated heterocycles. The van der Waals surface area contributed by atoms with Gasteiger partial charge in [-0.05, 0) is 32.1 Å². The number of rotatable bonds is 0. The van der Waals surface area contributed by atoms with E-state index in [0.29, 0.717) is 12.2 Å². The van der Waals surface area contributed by atoms with Gasteiger partial charge in [-0.1, -0.05) is 11.6 Å². The van der Waals surface area contributed by atoms with Gasteiger partial charge in [-0.2, -0.15) is 0 Å². The summed E-state index contributed by atoms with van der Waals surface area (Å²) in [6.45, 7) is 0. The van der Waals surface area contributed by atoms with Crippen molar-refractivity contribution in [3.63, 3.8) is 0 Å². The van der Waals surface area contributed by atoms with Crippen molar-refractivity contribution in [1.82, 2.24) is 0 Å². The van der Waals surface area contributed by atoms with E-state index in [1.807, 2.05) is 0 Å². The molecular formula is C10H15NO2. The molecule has 0 bridgehead atoms. The lowest BCUT2D eigenvalue weighted by molar-refractivity contribution is -0.127. The van der Waals surface area contributed by atoms with Crippen LogP contribution in [0.2, 0.25) is 0 Å². The molecule has 13 heavy (non-hydrogen) atoms. The summed E-state index contributed by atoms with van der Waals surface area (Å²) in [7, 11) is 0. The van der Waals surface area contributed by atoms with Crippen molar-refractivity contribution < 1.29 is 10.0 Å². The molecule has 0 aromatic rings. The van der Waals surface area contributed by atoms with E-state index in [1.165, 1.54) is 0 Å². The van der Waals surface area contributed by atoms with E-state index in [9.17, 15) is 4.79 Å². The van der Waals surface area contributed by atoms with Crippen molar-refractivity contribution in [3.05, 3.63) is 0 Å². The second-order valence-electron chi connectivity index (χ2n) is 4.11. The van der Waals surface area contributed by atoms with Crippen LogP contribution in [0.5, 0.6) is 0 Å². The van der Waals surface area contributed by atoms with Crippen LogP contribution in [0.3, 0.4) is 0 Å². The topological polar surface area (TPSA) is 49.7 Å². The summed E-state index contributed by atoms with van der Waals surface area (Å²) in [5, 5.41) is 12.1. The van der Waals surface area contributed by atoms with E-state index in [4.69, 9.17) is 5.21 Å². The third kappa shape index (κ3) is 1.18. The fourth-order valence-electron chi connectivity index (χ4n) is 2.75. The Morgan fingerprint density at radius 2 is 1.92 bits per heavy atom. The molecule has 2 fully saturated rings. The quantitative estimate of drug-likeness (QED) is 0.459. The first-order valence-corrected chi connectivity index (χ1v) is 5.04. The number of hydrogen-bond acceptors (Lipinski definition) is 3. The molecule has 1 spiro atoms. The average Bonchev–Trinajstić information content (AvgIpc) is 2.55. The van der Waals surface area contributed by atoms with Gasteiger partial charge in [0.1, 0.15) is 5.78 Å². The summed E-state index contributed by atoms with van der Waals surface area (Å²) in [5.41, 5.74) is 0.407. The van der Waals surface area contributed by atoms with E-state index in [1.54, 1.807) is 0 Å². The minimum atomic E-state index is -0.340. The summed E-state index contributed by atoms with van der Waals surface area (Å²) in [5.74, 6) is 0.309. The molecule has 0 aromatic heterocycles. The predicted molar refractivity (Wildman–Crippen MR) is 49.0 cm³/mol. The molecule has 1 unspecified atom stereocenters. The van der Waals surface area contributed by atoms with Crippen molar-refractivity contribution in [2.45, 2.75) is 44.9 Å². The van der Waals surface area contributed by atoms with Crippen LogP contribution in [0.1, 0.15) is 44.9 Å². The Balaban J connectivity index is 2.30. The molecule has 2 saturated carbocycles. The van der Waals surface area contributed by atoms with Gasteiger partial charge in [0.15, 0.2) is 0 Å². The molecule has 3 nitrogen and oxygen atoms in total. The smallest absolute Gasteiger partial charge is 0.144 e. The molecule has 2 rings (SSSR count). The summed E-state index contributed by atoms with van der Waals surface area (Å²) in [6, 6.07) is 0. The molecule has 1 N–H and O–H groups in total. The van der Waals surface area contributed by atoms with E-state index in [2.05, 4.69) is 5.16 Å². The first-order valence-electron chi connectivity index (χ1n) is 5.04. The highest BCUT2D eigenvalue weighted by molar-refractivity contribution is 6.10. The fourth-order valence-corrected chi connectivity index (χ4v) is 2.75. The normalized spacial score (nSPS) is 37.5. The van der Waals surface area contributed by atoms with Crippen LogP contribution < -0.4 is 0 Å². The molecule has 0 amide bonds. The zero-order valence-corrected chi connectivity index (χ0v) is 7.75. The summed E-state index contributed by atoms with van der Waals surface area (Å²) < 4.78 is 0. The molecule has 1 atom stereocenters. The van der Waals surface area contributed by atoms with Crippen LogP contribution in [-0.4, -0.2) is 16.7 Å². The SMILES string of the molecule is O=C1CCCCC12CCC/C2=N/O. The van der Waals surface area contributed by atoms with E-state index < -0.39 is 0 Å². The Hall–Kier alpha value is -0.860. The van der Waals surface area contributed by atoms with Crippen molar-refractivity contribution in [2.75, 3.05) is 0 Å². The van der Waals surface area contributed by atoms with Gasteiger partial charge in [-0.3, -0.25) is 4.79 Å². The van der Waals surface area contributed by atoms with Crippen LogP contribution in [0, 0.1) is 5.41 Å². The van der Waals surface area contributed by atoms with Crippen molar-refractivity contribution >= 4 is 11.5 Å². The van der Waals surface area contributed by atoms with Gasteiger partial charge in [0.25, 0.3) is 0 Å². The zero-order valence-electron chi connectivity index (χ0n) is 7.75. The van der Waals surface area contributed by atoms with Gasteiger partial charge in [-0.25, -0.2) is 0 Å². The average molecular weight is 181 g/mol. The minimum absolute atomic E-state index is 0.309. The van der Waals surface area contributed by atoms with Crippen molar-refractivity contribution in [1.29, 1.82) is 0 Å². The Bertz CT molecular complexity index is 260. The highest BCUT2D eigenvalue weighted by atomic mass is 16.4. The highest BCUT2D eigenvalue weighted by Gasteiger charge is 2.47. The van der Waals surface area contributed by atoms with Gasteiger partial charge in [-0.15, -0.1) is 0 Å². The van der Waals surface area contributed by atoms with Crippen molar-refractivity contribution in [2.24, 2.45) is 10.6 Å². The summed E-state index contributed by atoms with van der Waals surface area (Å²) in [6.07, 6.45) is 6.42. The number of ketones is 1. The van der Waals surface area contributed by atoms with Crippen LogP contribution in [0.25, 0.3) is 0 Å². The lowest BCUT2D eigenvalue weighted by Crippen LogP contribution is -2.37. The Labute approximate surface area is 77.8 Å². The summed E-state index contributed by atoms with van der Waals surface area (Å²) in [4.78, 5) is 11.8. The second-order valence-corrected chi connectivity index (χ2v) is 4.11. The minimum Gasteiger partial charge on any atom is -0.411 e. The first-order chi connectivity index (χ1) is 6.29. The lowest BCUT2D eigenvalue weighted by atomic mass is 9.71. The Morgan fingerprint density at radius 1 is 1.15 bits per heavy atom. The maximum atomic E-state index is 11.8. The third-order valence-electron chi connectivity index (χ3n) is 3.48. The van der Waals surface area contributed by atoms with Crippen molar-refractivity contribution in [3.8, 4) is 0 Å². The van der Waals surface area contributed by atoms with Crippen LogP contribution in [0.15, 0.2) is 5.16 Å². The highest BCUT2D eigenvalue weighted by Crippen LogP contribution is 2.44. The van der Waals surface area contributed by atoms with E-state index in [0.717, 1.165) is 44.2 Å². The fraction of sp³-hybridized carbons (Fsp3) is 0.800. The third-order valence-corrected chi connectivity index (χ3v) is 3.48. The largest absolute Gasteiger partial charge is 0.411 e. The van der Waals surface area contributed by atoms with Gasteiger partial charge in [0.2, 0.25) is 0 Å². The number of oxime groups is 1.